The van der Waals surface area contributed by atoms with Gasteiger partial charge < -0.3 is 5.32 Å². The van der Waals surface area contributed by atoms with Gasteiger partial charge in [0.2, 0.25) is 0 Å². The van der Waals surface area contributed by atoms with E-state index < -0.39 is 0 Å². The quantitative estimate of drug-likeness (QED) is 0.426. The Morgan fingerprint density at radius 1 is 1.12 bits per heavy atom. The van der Waals surface area contributed by atoms with E-state index in [1.54, 1.807) is 0 Å². The second-order valence-corrected chi connectivity index (χ2v) is 7.79. The fraction of sp³-hybridized carbons (Fsp3) is 0.0526. The molecule has 0 unspecified atom stereocenters. The summed E-state index contributed by atoms with van der Waals surface area (Å²) in [6, 6.07) is 19.6. The minimum atomic E-state index is -0.0932. The SMILES string of the molecule is Cc1nn(-c2ccccc2)c2sc(C(=O)Nc3ccccc3I)cc12. The molecule has 0 aliphatic rings. The monoisotopic (exact) mass is 459 g/mol. The summed E-state index contributed by atoms with van der Waals surface area (Å²) in [6.45, 7) is 1.97. The molecule has 2 aromatic heterocycles. The van der Waals surface area contributed by atoms with E-state index in [0.29, 0.717) is 4.88 Å². The van der Waals surface area contributed by atoms with Gasteiger partial charge in [-0.05, 0) is 59.8 Å². The number of hydrogen-bond donors (Lipinski definition) is 1. The molecule has 2 heterocycles. The van der Waals surface area contributed by atoms with E-state index in [-0.39, 0.29) is 5.91 Å². The Labute approximate surface area is 162 Å². The van der Waals surface area contributed by atoms with E-state index in [2.05, 4.69) is 33.0 Å². The molecule has 2 aromatic carbocycles. The van der Waals surface area contributed by atoms with Crippen LogP contribution < -0.4 is 5.32 Å². The van der Waals surface area contributed by atoms with Gasteiger partial charge in [0.1, 0.15) is 4.83 Å². The van der Waals surface area contributed by atoms with Crippen LogP contribution in [-0.2, 0) is 0 Å². The second-order valence-electron chi connectivity index (χ2n) is 5.60. The summed E-state index contributed by atoms with van der Waals surface area (Å²) < 4.78 is 2.92. The smallest absolute Gasteiger partial charge is 0.265 e. The van der Waals surface area contributed by atoms with E-state index in [4.69, 9.17) is 0 Å². The minimum Gasteiger partial charge on any atom is -0.320 e. The Kier molecular flexibility index (Phi) is 4.30. The van der Waals surface area contributed by atoms with Crippen LogP contribution in [0.2, 0.25) is 0 Å². The molecular weight excluding hydrogens is 445 g/mol. The van der Waals surface area contributed by atoms with Gasteiger partial charge >= 0.3 is 0 Å². The Bertz CT molecular complexity index is 1070. The van der Waals surface area contributed by atoms with Gasteiger partial charge in [-0.2, -0.15) is 5.10 Å². The third-order valence-electron chi connectivity index (χ3n) is 3.89. The summed E-state index contributed by atoms with van der Waals surface area (Å²) in [6.07, 6.45) is 0. The average molecular weight is 459 g/mol. The molecule has 0 fully saturated rings. The van der Waals surface area contributed by atoms with Crippen molar-refractivity contribution in [2.45, 2.75) is 6.92 Å². The van der Waals surface area contributed by atoms with Crippen molar-refractivity contribution in [1.29, 1.82) is 0 Å². The molecule has 0 saturated heterocycles. The van der Waals surface area contributed by atoms with Gasteiger partial charge in [0.05, 0.1) is 21.9 Å². The van der Waals surface area contributed by atoms with Crippen LogP contribution in [0.3, 0.4) is 0 Å². The van der Waals surface area contributed by atoms with Gasteiger partial charge in [-0.3, -0.25) is 4.79 Å². The molecule has 4 nitrogen and oxygen atoms in total. The zero-order valence-electron chi connectivity index (χ0n) is 13.4. The van der Waals surface area contributed by atoms with Crippen LogP contribution in [-0.4, -0.2) is 15.7 Å². The number of aromatic nitrogens is 2. The number of fused-ring (bicyclic) bond motifs is 1. The van der Waals surface area contributed by atoms with Gasteiger partial charge in [-0.1, -0.05) is 30.3 Å². The maximum atomic E-state index is 12.7. The molecule has 6 heteroatoms. The summed E-state index contributed by atoms with van der Waals surface area (Å²) in [5.74, 6) is -0.0932. The normalized spacial score (nSPS) is 11.0. The maximum absolute atomic E-state index is 12.7. The van der Waals surface area contributed by atoms with E-state index >= 15 is 0 Å². The van der Waals surface area contributed by atoms with Crippen molar-refractivity contribution in [3.8, 4) is 5.69 Å². The van der Waals surface area contributed by atoms with E-state index in [1.165, 1.54) is 11.3 Å². The first-order valence-corrected chi connectivity index (χ1v) is 9.63. The molecule has 0 aliphatic heterocycles. The third-order valence-corrected chi connectivity index (χ3v) is 5.94. The first kappa shape index (κ1) is 16.3. The molecular formula is C19H14IN3OS. The van der Waals surface area contributed by atoms with Gasteiger partial charge in [0.25, 0.3) is 5.91 Å². The summed E-state index contributed by atoms with van der Waals surface area (Å²) in [7, 11) is 0. The number of anilines is 1. The van der Waals surface area contributed by atoms with Crippen molar-refractivity contribution in [3.05, 3.63) is 74.8 Å². The van der Waals surface area contributed by atoms with Crippen molar-refractivity contribution in [3.63, 3.8) is 0 Å². The molecule has 0 aliphatic carbocycles. The molecule has 124 valence electrons. The highest BCUT2D eigenvalue weighted by molar-refractivity contribution is 14.1. The molecule has 0 spiro atoms. The number of hydrogen-bond acceptors (Lipinski definition) is 3. The van der Waals surface area contributed by atoms with Crippen molar-refractivity contribution < 1.29 is 4.79 Å². The standard InChI is InChI=1S/C19H14IN3OS/c1-12-14-11-17(18(24)21-16-10-6-5-9-15(16)20)25-19(14)23(22-12)13-7-3-2-4-8-13/h2-11H,1H3,(H,21,24). The minimum absolute atomic E-state index is 0.0932. The zero-order valence-corrected chi connectivity index (χ0v) is 16.3. The Morgan fingerprint density at radius 2 is 1.84 bits per heavy atom. The van der Waals surface area contributed by atoms with E-state index in [1.807, 2.05) is 72.3 Å². The fourth-order valence-corrected chi connectivity index (χ4v) is 4.25. The van der Waals surface area contributed by atoms with Crippen LogP contribution in [0, 0.1) is 10.5 Å². The second kappa shape index (κ2) is 6.61. The maximum Gasteiger partial charge on any atom is 0.265 e. The number of aryl methyl sites for hydroxylation is 1. The summed E-state index contributed by atoms with van der Waals surface area (Å²) in [5, 5.41) is 8.62. The number of benzene rings is 2. The Morgan fingerprint density at radius 3 is 2.60 bits per heavy atom. The number of thiophene rings is 1. The lowest BCUT2D eigenvalue weighted by Crippen LogP contribution is -2.11. The van der Waals surface area contributed by atoms with Gasteiger partial charge in [-0.15, -0.1) is 11.3 Å². The van der Waals surface area contributed by atoms with Crippen molar-refractivity contribution in [2.75, 3.05) is 5.32 Å². The number of amides is 1. The lowest BCUT2D eigenvalue weighted by molar-refractivity contribution is 0.103. The molecule has 4 rings (SSSR count). The van der Waals surface area contributed by atoms with Crippen LogP contribution in [0.5, 0.6) is 0 Å². The molecule has 1 amide bonds. The van der Waals surface area contributed by atoms with Crippen LogP contribution >= 0.6 is 33.9 Å². The number of halogens is 1. The van der Waals surface area contributed by atoms with Crippen molar-refractivity contribution in [2.24, 2.45) is 0 Å². The molecule has 0 saturated carbocycles. The van der Waals surface area contributed by atoms with Crippen LogP contribution in [0.4, 0.5) is 5.69 Å². The molecule has 4 aromatic rings. The zero-order chi connectivity index (χ0) is 17.4. The third kappa shape index (κ3) is 3.07. The lowest BCUT2D eigenvalue weighted by atomic mass is 10.3. The number of nitrogens with zero attached hydrogens (tertiary/aromatic N) is 2. The van der Waals surface area contributed by atoms with Crippen LogP contribution in [0.15, 0.2) is 60.7 Å². The number of para-hydroxylation sites is 2. The number of nitrogens with one attached hydrogen (secondary N) is 1. The average Bonchev–Trinajstić information content (AvgIpc) is 3.19. The number of carbonyl (C=O) groups excluding carboxylic acids is 1. The Balaban J connectivity index is 1.72. The van der Waals surface area contributed by atoms with Crippen LogP contribution in [0.1, 0.15) is 15.4 Å². The largest absolute Gasteiger partial charge is 0.320 e. The number of rotatable bonds is 3. The van der Waals surface area contributed by atoms with Gasteiger partial charge in [0, 0.05) is 8.96 Å². The molecule has 0 bridgehead atoms. The first-order chi connectivity index (χ1) is 12.1. The summed E-state index contributed by atoms with van der Waals surface area (Å²) >= 11 is 3.68. The predicted octanol–water partition coefficient (Wildman–Crippen LogP) is 5.25. The van der Waals surface area contributed by atoms with Crippen LogP contribution in [0.25, 0.3) is 15.9 Å². The number of carbonyl (C=O) groups is 1. The predicted molar refractivity (Wildman–Crippen MR) is 111 cm³/mol. The summed E-state index contributed by atoms with van der Waals surface area (Å²) in [5.41, 5.74) is 2.74. The molecule has 0 atom stereocenters. The fourth-order valence-electron chi connectivity index (χ4n) is 2.65. The molecule has 1 N–H and O–H groups in total. The highest BCUT2D eigenvalue weighted by atomic mass is 127. The topological polar surface area (TPSA) is 46.9 Å². The Hall–Kier alpha value is -2.19. The molecule has 25 heavy (non-hydrogen) atoms. The highest BCUT2D eigenvalue weighted by Gasteiger charge is 2.17. The van der Waals surface area contributed by atoms with Crippen molar-refractivity contribution in [1.82, 2.24) is 9.78 Å². The lowest BCUT2D eigenvalue weighted by Gasteiger charge is -2.05. The van der Waals surface area contributed by atoms with E-state index in [9.17, 15) is 4.79 Å². The van der Waals surface area contributed by atoms with E-state index in [0.717, 1.165) is 30.9 Å². The van der Waals surface area contributed by atoms with Crippen molar-refractivity contribution >= 4 is 55.7 Å². The van der Waals surface area contributed by atoms with Gasteiger partial charge in [-0.25, -0.2) is 4.68 Å². The first-order valence-electron chi connectivity index (χ1n) is 7.74. The van der Waals surface area contributed by atoms with Gasteiger partial charge in [0.15, 0.2) is 0 Å². The summed E-state index contributed by atoms with van der Waals surface area (Å²) in [4.78, 5) is 14.3. The molecule has 0 radical (unpaired) electrons. The highest BCUT2D eigenvalue weighted by Crippen LogP contribution is 2.31.